The summed E-state index contributed by atoms with van der Waals surface area (Å²) in [4.78, 5) is 45.7. The summed E-state index contributed by atoms with van der Waals surface area (Å²) in [6.45, 7) is 11.1. The van der Waals surface area contributed by atoms with Gasteiger partial charge < -0.3 is 25.2 Å². The van der Waals surface area contributed by atoms with Crippen LogP contribution in [0, 0.1) is 0 Å². The van der Waals surface area contributed by atoms with Crippen molar-refractivity contribution in [2.24, 2.45) is 0 Å². The van der Waals surface area contributed by atoms with E-state index in [2.05, 4.69) is 34.4 Å². The maximum Gasteiger partial charge on any atom is 0.340 e. The number of esters is 1. The van der Waals surface area contributed by atoms with Gasteiger partial charge in [0.25, 0.3) is 5.91 Å². The molecule has 0 bridgehead atoms. The van der Waals surface area contributed by atoms with Gasteiger partial charge in [-0.05, 0) is 64.4 Å². The molecule has 0 fully saturated rings. The molecule has 3 aromatic rings. The highest BCUT2D eigenvalue weighted by Crippen LogP contribution is 2.28. The van der Waals surface area contributed by atoms with Gasteiger partial charge in [-0.15, -0.1) is 0 Å². The first-order valence-corrected chi connectivity index (χ1v) is 13.7. The lowest BCUT2D eigenvalue weighted by Gasteiger charge is -2.29. The van der Waals surface area contributed by atoms with Gasteiger partial charge in [0.15, 0.2) is 5.69 Å². The van der Waals surface area contributed by atoms with E-state index in [0.717, 1.165) is 16.8 Å². The number of rotatable bonds is 7. The summed E-state index contributed by atoms with van der Waals surface area (Å²) in [5.41, 5.74) is 3.71. The van der Waals surface area contributed by atoms with Gasteiger partial charge in [-0.2, -0.15) is 5.10 Å². The van der Waals surface area contributed by atoms with Gasteiger partial charge in [0.05, 0.1) is 5.56 Å². The van der Waals surface area contributed by atoms with Gasteiger partial charge >= 0.3 is 12.0 Å². The number of carbonyl (C=O) groups is 3. The molecule has 3 heterocycles. The van der Waals surface area contributed by atoms with Crippen LogP contribution in [-0.4, -0.2) is 63.8 Å². The van der Waals surface area contributed by atoms with Crippen molar-refractivity contribution in [3.05, 3.63) is 70.7 Å². The second-order valence-corrected chi connectivity index (χ2v) is 11.6. The van der Waals surface area contributed by atoms with Gasteiger partial charge in [-0.1, -0.05) is 12.1 Å². The Bertz CT molecular complexity index is 1400. The van der Waals surface area contributed by atoms with Crippen molar-refractivity contribution in [1.82, 2.24) is 25.0 Å². The molecular formula is C30H39N7O4. The Kier molecular flexibility index (Phi) is 8.65. The Morgan fingerprint density at radius 1 is 1.07 bits per heavy atom. The second kappa shape index (κ2) is 12.0. The molecule has 11 heteroatoms. The Morgan fingerprint density at radius 3 is 2.37 bits per heavy atom. The van der Waals surface area contributed by atoms with Gasteiger partial charge in [-0.3, -0.25) is 9.48 Å². The molecule has 0 atom stereocenters. The average Bonchev–Trinajstić information content (AvgIpc) is 3.31. The Balaban J connectivity index is 1.47. The zero-order chi connectivity index (χ0) is 29.9. The smallest absolute Gasteiger partial charge is 0.340 e. The van der Waals surface area contributed by atoms with Crippen molar-refractivity contribution >= 4 is 29.4 Å². The molecule has 0 saturated heterocycles. The number of aromatic nitrogens is 3. The molecule has 1 aliphatic heterocycles. The lowest BCUT2D eigenvalue weighted by atomic mass is 10.0. The first kappa shape index (κ1) is 29.6. The van der Waals surface area contributed by atoms with Crippen molar-refractivity contribution in [3.8, 4) is 0 Å². The molecular weight excluding hydrogens is 522 g/mol. The van der Waals surface area contributed by atoms with Crippen molar-refractivity contribution < 1.29 is 19.1 Å². The molecule has 0 aliphatic carbocycles. The highest BCUT2D eigenvalue weighted by atomic mass is 16.6. The molecule has 0 unspecified atom stereocenters. The summed E-state index contributed by atoms with van der Waals surface area (Å²) in [7, 11) is 3.35. The minimum absolute atomic E-state index is 0.105. The molecule has 2 N–H and O–H groups in total. The molecule has 0 saturated carbocycles. The van der Waals surface area contributed by atoms with Crippen LogP contribution in [0.1, 0.15) is 78.3 Å². The van der Waals surface area contributed by atoms with E-state index in [9.17, 15) is 14.4 Å². The van der Waals surface area contributed by atoms with E-state index in [4.69, 9.17) is 9.84 Å². The van der Waals surface area contributed by atoms with Crippen molar-refractivity contribution in [1.29, 1.82) is 0 Å². The molecule has 41 heavy (non-hydrogen) atoms. The zero-order valence-electron chi connectivity index (χ0n) is 24.8. The molecule has 3 amide bonds. The maximum absolute atomic E-state index is 13.4. The molecule has 0 spiro atoms. The van der Waals surface area contributed by atoms with E-state index in [0.29, 0.717) is 48.8 Å². The number of nitrogens with zero attached hydrogens (tertiary/aromatic N) is 5. The fraction of sp³-hybridized carbons (Fsp3) is 0.433. The van der Waals surface area contributed by atoms with E-state index >= 15 is 0 Å². The van der Waals surface area contributed by atoms with Crippen molar-refractivity contribution in [2.45, 2.75) is 65.8 Å². The number of hydrogen-bond donors (Lipinski definition) is 2. The highest BCUT2D eigenvalue weighted by molar-refractivity contribution is 5.94. The minimum atomic E-state index is -0.584. The monoisotopic (exact) mass is 561 g/mol. The summed E-state index contributed by atoms with van der Waals surface area (Å²) >= 11 is 0. The van der Waals surface area contributed by atoms with Crippen LogP contribution >= 0.6 is 0 Å². The Hall–Kier alpha value is -4.41. The Labute approximate surface area is 240 Å². The fourth-order valence-electron chi connectivity index (χ4n) is 4.49. The molecule has 11 nitrogen and oxygen atoms in total. The van der Waals surface area contributed by atoms with E-state index in [1.165, 1.54) is 11.1 Å². The number of benzene rings is 1. The highest BCUT2D eigenvalue weighted by Gasteiger charge is 2.29. The standard InChI is InChI=1S/C30H39N7O4/c1-19(2)37-24-14-15-36(25-13-10-21(17-31-25)28(39)41-30(3,4)5)18-23(24)26(34-37)27(38)32-16-20-8-11-22(12-9-20)33-29(40)35(6)7/h8-13,17,19H,14-16,18H2,1-7H3,(H,32,38)(H,33,40). The molecule has 1 aromatic carbocycles. The summed E-state index contributed by atoms with van der Waals surface area (Å²) < 4.78 is 7.37. The first-order valence-electron chi connectivity index (χ1n) is 13.7. The number of ether oxygens (including phenoxy) is 1. The third kappa shape index (κ3) is 7.22. The SMILES string of the molecule is CC(C)n1nc(C(=O)NCc2ccc(NC(=O)N(C)C)cc2)c2c1CCN(c1ccc(C(=O)OC(C)(C)C)cn1)C2. The minimum Gasteiger partial charge on any atom is -0.456 e. The van der Waals surface area contributed by atoms with Crippen LogP contribution in [0.3, 0.4) is 0 Å². The van der Waals surface area contributed by atoms with E-state index in [1.807, 2.05) is 43.7 Å². The summed E-state index contributed by atoms with van der Waals surface area (Å²) in [6.07, 6.45) is 2.24. The topological polar surface area (TPSA) is 122 Å². The Morgan fingerprint density at radius 2 is 1.78 bits per heavy atom. The van der Waals surface area contributed by atoms with Gasteiger partial charge in [0.2, 0.25) is 0 Å². The average molecular weight is 562 g/mol. The lowest BCUT2D eigenvalue weighted by Crippen LogP contribution is -2.33. The number of hydrogen-bond acceptors (Lipinski definition) is 7. The molecule has 218 valence electrons. The summed E-state index contributed by atoms with van der Waals surface area (Å²) in [5.74, 6) is 0.0522. The van der Waals surface area contributed by atoms with E-state index in [1.54, 1.807) is 32.3 Å². The lowest BCUT2D eigenvalue weighted by molar-refractivity contribution is 0.00689. The number of pyridine rings is 1. The van der Waals surface area contributed by atoms with E-state index in [-0.39, 0.29) is 18.0 Å². The van der Waals surface area contributed by atoms with Gasteiger partial charge in [0, 0.05) is 69.3 Å². The van der Waals surface area contributed by atoms with Crippen LogP contribution in [0.2, 0.25) is 0 Å². The zero-order valence-corrected chi connectivity index (χ0v) is 24.8. The third-order valence-corrected chi connectivity index (χ3v) is 6.56. The second-order valence-electron chi connectivity index (χ2n) is 11.6. The predicted molar refractivity (Wildman–Crippen MR) is 157 cm³/mol. The van der Waals surface area contributed by atoms with E-state index < -0.39 is 11.6 Å². The van der Waals surface area contributed by atoms with Crippen molar-refractivity contribution in [2.75, 3.05) is 30.9 Å². The molecule has 0 radical (unpaired) electrons. The molecule has 1 aliphatic rings. The maximum atomic E-state index is 13.4. The predicted octanol–water partition coefficient (Wildman–Crippen LogP) is 4.40. The first-order chi connectivity index (χ1) is 19.3. The van der Waals surface area contributed by atoms with Crippen LogP contribution in [0.5, 0.6) is 0 Å². The number of nitrogens with one attached hydrogen (secondary N) is 2. The summed E-state index contributed by atoms with van der Waals surface area (Å²) in [6, 6.07) is 10.8. The van der Waals surface area contributed by atoms with Crippen LogP contribution in [-0.2, 0) is 24.2 Å². The van der Waals surface area contributed by atoms with Gasteiger partial charge in [-0.25, -0.2) is 14.6 Å². The number of anilines is 2. The van der Waals surface area contributed by atoms with Crippen molar-refractivity contribution in [3.63, 3.8) is 0 Å². The van der Waals surface area contributed by atoms with Crippen LogP contribution < -0.4 is 15.5 Å². The summed E-state index contributed by atoms with van der Waals surface area (Å²) in [5, 5.41) is 10.5. The van der Waals surface area contributed by atoms with Gasteiger partial charge in [0.1, 0.15) is 11.4 Å². The quantitative estimate of drug-likeness (QED) is 0.410. The molecule has 4 rings (SSSR count). The number of fused-ring (bicyclic) bond motifs is 1. The number of carbonyl (C=O) groups excluding carboxylic acids is 3. The molecule has 2 aromatic heterocycles. The van der Waals surface area contributed by atoms with Crippen LogP contribution in [0.4, 0.5) is 16.3 Å². The third-order valence-electron chi connectivity index (χ3n) is 6.56. The number of amides is 3. The van der Waals surface area contributed by atoms with Crippen LogP contribution in [0.25, 0.3) is 0 Å². The number of urea groups is 1. The largest absolute Gasteiger partial charge is 0.456 e. The fourth-order valence-corrected chi connectivity index (χ4v) is 4.49. The van der Waals surface area contributed by atoms with Crippen LogP contribution in [0.15, 0.2) is 42.6 Å². The normalized spacial score (nSPS) is 13.0.